The van der Waals surface area contributed by atoms with Crippen molar-refractivity contribution in [3.63, 3.8) is 0 Å². The van der Waals surface area contributed by atoms with Crippen LogP contribution in [-0.2, 0) is 10.0 Å². The van der Waals surface area contributed by atoms with E-state index in [1.54, 1.807) is 62.1 Å². The summed E-state index contributed by atoms with van der Waals surface area (Å²) in [6.07, 6.45) is 0. The van der Waals surface area contributed by atoms with Crippen molar-refractivity contribution in [2.75, 3.05) is 34.5 Å². The Kier molecular flexibility index (Phi) is 7.03. The maximum absolute atomic E-state index is 12.6. The molecule has 0 radical (unpaired) electrons. The van der Waals surface area contributed by atoms with Crippen molar-refractivity contribution < 1.29 is 27.4 Å². The number of nitrogens with zero attached hydrogens (tertiary/aromatic N) is 4. The van der Waals surface area contributed by atoms with E-state index in [0.29, 0.717) is 34.6 Å². The third-order valence-corrected chi connectivity index (χ3v) is 6.66. The second kappa shape index (κ2) is 10.2. The summed E-state index contributed by atoms with van der Waals surface area (Å²) in [5.41, 5.74) is 1.98. The van der Waals surface area contributed by atoms with Crippen molar-refractivity contribution in [1.29, 1.82) is 0 Å². The van der Waals surface area contributed by atoms with Crippen LogP contribution >= 0.6 is 0 Å². The van der Waals surface area contributed by atoms with E-state index in [0.717, 1.165) is 11.1 Å². The highest BCUT2D eigenvalue weighted by atomic mass is 32.2. The Labute approximate surface area is 202 Å². The SMILES string of the molecule is COc1ccc(S(=O)(=O)NCCOc2ccc3nnc(-c4ccc(OC)c(OC)c4)n3n2)cc1C. The van der Waals surface area contributed by atoms with Gasteiger partial charge in [0.15, 0.2) is 23.0 Å². The number of ether oxygens (including phenoxy) is 4. The number of benzene rings is 2. The van der Waals surface area contributed by atoms with Gasteiger partial charge in [0.25, 0.3) is 0 Å². The summed E-state index contributed by atoms with van der Waals surface area (Å²) < 4.78 is 50.7. The molecular formula is C23H25N5O6S. The number of hydrogen-bond donors (Lipinski definition) is 1. The molecule has 35 heavy (non-hydrogen) atoms. The topological polar surface area (TPSA) is 126 Å². The van der Waals surface area contributed by atoms with Crippen LogP contribution < -0.4 is 23.7 Å². The molecule has 0 amide bonds. The fourth-order valence-electron chi connectivity index (χ4n) is 3.44. The average molecular weight is 500 g/mol. The summed E-state index contributed by atoms with van der Waals surface area (Å²) in [6.45, 7) is 1.91. The van der Waals surface area contributed by atoms with Crippen LogP contribution in [-0.4, -0.2) is 62.7 Å². The Balaban J connectivity index is 1.45. The van der Waals surface area contributed by atoms with Gasteiger partial charge in [0, 0.05) is 18.2 Å². The van der Waals surface area contributed by atoms with Gasteiger partial charge in [-0.25, -0.2) is 13.1 Å². The van der Waals surface area contributed by atoms with Gasteiger partial charge in [-0.1, -0.05) is 0 Å². The molecule has 0 fully saturated rings. The lowest BCUT2D eigenvalue weighted by Gasteiger charge is -2.10. The molecule has 0 saturated heterocycles. The van der Waals surface area contributed by atoms with Crippen molar-refractivity contribution in [3.8, 4) is 34.5 Å². The first-order valence-electron chi connectivity index (χ1n) is 10.6. The van der Waals surface area contributed by atoms with E-state index < -0.39 is 10.0 Å². The van der Waals surface area contributed by atoms with E-state index in [1.807, 2.05) is 6.07 Å². The molecule has 11 nitrogen and oxygen atoms in total. The first kappa shape index (κ1) is 24.2. The van der Waals surface area contributed by atoms with Gasteiger partial charge in [-0.15, -0.1) is 15.3 Å². The maximum atomic E-state index is 12.6. The zero-order valence-electron chi connectivity index (χ0n) is 19.7. The quantitative estimate of drug-likeness (QED) is 0.328. The van der Waals surface area contributed by atoms with E-state index in [4.69, 9.17) is 18.9 Å². The van der Waals surface area contributed by atoms with Crippen LogP contribution in [0.2, 0.25) is 0 Å². The number of rotatable bonds is 10. The largest absolute Gasteiger partial charge is 0.496 e. The molecule has 2 aromatic heterocycles. The molecule has 0 aliphatic rings. The number of aryl methyl sites for hydroxylation is 1. The van der Waals surface area contributed by atoms with Crippen LogP contribution in [0.3, 0.4) is 0 Å². The Morgan fingerprint density at radius 1 is 0.886 bits per heavy atom. The summed E-state index contributed by atoms with van der Waals surface area (Å²) in [4.78, 5) is 0.152. The van der Waals surface area contributed by atoms with Crippen LogP contribution in [0.25, 0.3) is 17.0 Å². The molecule has 2 heterocycles. The van der Waals surface area contributed by atoms with Crippen molar-refractivity contribution in [1.82, 2.24) is 24.5 Å². The van der Waals surface area contributed by atoms with Gasteiger partial charge in [0.05, 0.1) is 26.2 Å². The molecule has 0 saturated carbocycles. The minimum Gasteiger partial charge on any atom is -0.496 e. The summed E-state index contributed by atoms with van der Waals surface area (Å²) in [5, 5.41) is 12.8. The Morgan fingerprint density at radius 2 is 1.63 bits per heavy atom. The summed E-state index contributed by atoms with van der Waals surface area (Å²) in [5.74, 6) is 2.54. The lowest BCUT2D eigenvalue weighted by Crippen LogP contribution is -2.28. The number of hydrogen-bond acceptors (Lipinski definition) is 9. The molecule has 1 N–H and O–H groups in total. The lowest BCUT2D eigenvalue weighted by molar-refractivity contribution is 0.306. The second-order valence-corrected chi connectivity index (χ2v) is 9.18. The van der Waals surface area contributed by atoms with Gasteiger partial charge < -0.3 is 18.9 Å². The molecule has 184 valence electrons. The van der Waals surface area contributed by atoms with Crippen molar-refractivity contribution >= 4 is 15.7 Å². The van der Waals surface area contributed by atoms with Crippen LogP contribution in [0.5, 0.6) is 23.1 Å². The zero-order chi connectivity index (χ0) is 25.0. The highest BCUT2D eigenvalue weighted by Gasteiger charge is 2.16. The van der Waals surface area contributed by atoms with Gasteiger partial charge in [-0.05, 0) is 55.0 Å². The van der Waals surface area contributed by atoms with Crippen LogP contribution in [0, 0.1) is 6.92 Å². The number of nitrogens with one attached hydrogen (secondary N) is 1. The minimum absolute atomic E-state index is 0.0534. The molecule has 0 aliphatic heterocycles. The van der Waals surface area contributed by atoms with Crippen LogP contribution in [0.4, 0.5) is 0 Å². The summed E-state index contributed by atoms with van der Waals surface area (Å²) >= 11 is 0. The Morgan fingerprint density at radius 3 is 2.34 bits per heavy atom. The molecule has 0 spiro atoms. The zero-order valence-corrected chi connectivity index (χ0v) is 20.5. The van der Waals surface area contributed by atoms with Gasteiger partial charge in [0.2, 0.25) is 15.9 Å². The molecule has 2 aromatic carbocycles. The minimum atomic E-state index is -3.70. The van der Waals surface area contributed by atoms with E-state index in [9.17, 15) is 8.42 Å². The molecule has 0 unspecified atom stereocenters. The molecule has 0 aliphatic carbocycles. The van der Waals surface area contributed by atoms with Crippen molar-refractivity contribution in [3.05, 3.63) is 54.1 Å². The van der Waals surface area contributed by atoms with Gasteiger partial charge in [-0.2, -0.15) is 4.52 Å². The molecule has 12 heteroatoms. The predicted octanol–water partition coefficient (Wildman–Crippen LogP) is 2.48. The van der Waals surface area contributed by atoms with E-state index in [1.165, 1.54) is 13.2 Å². The Hall–Kier alpha value is -3.90. The van der Waals surface area contributed by atoms with E-state index in [2.05, 4.69) is 20.0 Å². The third kappa shape index (κ3) is 5.12. The molecule has 0 atom stereocenters. The lowest BCUT2D eigenvalue weighted by atomic mass is 10.2. The maximum Gasteiger partial charge on any atom is 0.240 e. The molecule has 4 rings (SSSR count). The van der Waals surface area contributed by atoms with E-state index >= 15 is 0 Å². The Bertz CT molecular complexity index is 1450. The molecule has 0 bridgehead atoms. The smallest absolute Gasteiger partial charge is 0.240 e. The van der Waals surface area contributed by atoms with Gasteiger partial charge in [-0.3, -0.25) is 0 Å². The number of fused-ring (bicyclic) bond motifs is 1. The highest BCUT2D eigenvalue weighted by molar-refractivity contribution is 7.89. The first-order valence-corrected chi connectivity index (χ1v) is 12.1. The van der Waals surface area contributed by atoms with E-state index in [-0.39, 0.29) is 18.0 Å². The molecule has 4 aromatic rings. The number of sulfonamides is 1. The monoisotopic (exact) mass is 499 g/mol. The van der Waals surface area contributed by atoms with Crippen LogP contribution in [0.15, 0.2) is 53.4 Å². The fraction of sp³-hybridized carbons (Fsp3) is 0.261. The van der Waals surface area contributed by atoms with Crippen molar-refractivity contribution in [2.24, 2.45) is 0 Å². The van der Waals surface area contributed by atoms with Crippen LogP contribution in [0.1, 0.15) is 5.56 Å². The van der Waals surface area contributed by atoms with Gasteiger partial charge in [0.1, 0.15) is 12.4 Å². The molecular weight excluding hydrogens is 474 g/mol. The first-order chi connectivity index (χ1) is 16.9. The normalized spacial score (nSPS) is 11.4. The third-order valence-electron chi connectivity index (χ3n) is 5.20. The predicted molar refractivity (Wildman–Crippen MR) is 128 cm³/mol. The van der Waals surface area contributed by atoms with Crippen molar-refractivity contribution in [2.45, 2.75) is 11.8 Å². The van der Waals surface area contributed by atoms with Gasteiger partial charge >= 0.3 is 0 Å². The average Bonchev–Trinajstić information content (AvgIpc) is 3.29. The number of aromatic nitrogens is 4. The highest BCUT2D eigenvalue weighted by Crippen LogP contribution is 2.31. The summed E-state index contributed by atoms with van der Waals surface area (Å²) in [7, 11) is 0.956. The fourth-order valence-corrected chi connectivity index (χ4v) is 4.54. The standard InChI is InChI=1S/C23H25N5O6S/c1-15-13-17(6-8-18(15)31-2)35(29,30)24-11-12-34-22-10-9-21-25-26-23(28(21)27-22)16-5-7-19(32-3)20(14-16)33-4/h5-10,13-14,24H,11-12H2,1-4H3. The second-order valence-electron chi connectivity index (χ2n) is 7.41. The number of methoxy groups -OCH3 is 3. The summed E-state index contributed by atoms with van der Waals surface area (Å²) in [6, 6.07) is 13.4.